The number of anilines is 2. The zero-order valence-corrected chi connectivity index (χ0v) is 11.8. The van der Waals surface area contributed by atoms with Crippen LogP contribution in [0.1, 0.15) is 16.2 Å². The molecule has 0 saturated carbocycles. The fraction of sp³-hybridized carbons (Fsp3) is 0.133. The van der Waals surface area contributed by atoms with Crippen LogP contribution in [0.2, 0.25) is 0 Å². The van der Waals surface area contributed by atoms with Gasteiger partial charge in [-0.25, -0.2) is 4.98 Å². The number of amides is 1. The van der Waals surface area contributed by atoms with Gasteiger partial charge in [-0.3, -0.25) is 9.48 Å². The number of nitrogens with one attached hydrogen (secondary N) is 1. The van der Waals surface area contributed by atoms with Crippen molar-refractivity contribution in [3.05, 3.63) is 47.8 Å². The van der Waals surface area contributed by atoms with Gasteiger partial charge < -0.3 is 11.1 Å². The summed E-state index contributed by atoms with van der Waals surface area (Å²) in [6.07, 6.45) is 0. The van der Waals surface area contributed by atoms with E-state index in [2.05, 4.69) is 15.4 Å². The van der Waals surface area contributed by atoms with Gasteiger partial charge in [-0.2, -0.15) is 5.10 Å². The molecule has 106 valence electrons. The Morgan fingerprint density at radius 1 is 1.24 bits per heavy atom. The zero-order chi connectivity index (χ0) is 15.0. The van der Waals surface area contributed by atoms with Crippen LogP contribution in [0.15, 0.2) is 36.4 Å². The molecule has 3 rings (SSSR count). The maximum atomic E-state index is 12.3. The van der Waals surface area contributed by atoms with Gasteiger partial charge in [-0.15, -0.1) is 0 Å². The molecule has 0 bridgehead atoms. The Morgan fingerprint density at radius 3 is 2.71 bits per heavy atom. The molecule has 1 amide bonds. The van der Waals surface area contributed by atoms with Crippen molar-refractivity contribution in [3.8, 4) is 0 Å². The number of benzene rings is 1. The minimum Gasteiger partial charge on any atom is -0.394 e. The fourth-order valence-electron chi connectivity index (χ4n) is 2.19. The van der Waals surface area contributed by atoms with Crippen molar-refractivity contribution in [3.63, 3.8) is 0 Å². The minimum atomic E-state index is -0.310. The van der Waals surface area contributed by atoms with Crippen molar-refractivity contribution in [2.75, 3.05) is 11.1 Å². The van der Waals surface area contributed by atoms with Crippen molar-refractivity contribution in [2.45, 2.75) is 6.92 Å². The number of pyridine rings is 1. The predicted octanol–water partition coefficient (Wildman–Crippen LogP) is 2.11. The first kappa shape index (κ1) is 13.1. The second-order valence-electron chi connectivity index (χ2n) is 4.81. The lowest BCUT2D eigenvalue weighted by Crippen LogP contribution is -2.16. The summed E-state index contributed by atoms with van der Waals surface area (Å²) < 4.78 is 1.55. The van der Waals surface area contributed by atoms with Crippen molar-refractivity contribution < 1.29 is 4.79 Å². The summed E-state index contributed by atoms with van der Waals surface area (Å²) in [7, 11) is 1.73. The number of hydrogen-bond donors (Lipinski definition) is 2. The summed E-state index contributed by atoms with van der Waals surface area (Å²) in [6.45, 7) is 1.79. The predicted molar refractivity (Wildman–Crippen MR) is 82.1 cm³/mol. The lowest BCUT2D eigenvalue weighted by Gasteiger charge is -2.06. The molecule has 3 N–H and O–H groups in total. The summed E-state index contributed by atoms with van der Waals surface area (Å²) in [5, 5.41) is 7.91. The molecule has 3 aromatic rings. The fourth-order valence-corrected chi connectivity index (χ4v) is 2.19. The van der Waals surface area contributed by atoms with E-state index in [0.29, 0.717) is 22.9 Å². The molecule has 21 heavy (non-hydrogen) atoms. The van der Waals surface area contributed by atoms with Gasteiger partial charge in [0.05, 0.1) is 16.9 Å². The number of aromatic nitrogens is 3. The quantitative estimate of drug-likeness (QED) is 0.753. The van der Waals surface area contributed by atoms with Gasteiger partial charge in [0, 0.05) is 12.4 Å². The zero-order valence-electron chi connectivity index (χ0n) is 11.8. The molecule has 0 atom stereocenters. The monoisotopic (exact) mass is 281 g/mol. The van der Waals surface area contributed by atoms with Crippen LogP contribution in [0.5, 0.6) is 0 Å². The molecule has 0 unspecified atom stereocenters. The van der Waals surface area contributed by atoms with E-state index in [1.165, 1.54) is 0 Å². The number of rotatable bonds is 2. The van der Waals surface area contributed by atoms with Gasteiger partial charge in [0.2, 0.25) is 0 Å². The van der Waals surface area contributed by atoms with Crippen LogP contribution in [0.4, 0.5) is 11.5 Å². The van der Waals surface area contributed by atoms with E-state index in [1.54, 1.807) is 24.7 Å². The molecule has 6 heteroatoms. The van der Waals surface area contributed by atoms with Crippen LogP contribution < -0.4 is 11.1 Å². The van der Waals surface area contributed by atoms with E-state index in [4.69, 9.17) is 5.73 Å². The topological polar surface area (TPSA) is 85.8 Å². The summed E-state index contributed by atoms with van der Waals surface area (Å²) in [6, 6.07) is 11.2. The number of hydrogen-bond acceptors (Lipinski definition) is 4. The number of para-hydroxylation sites is 1. The summed E-state index contributed by atoms with van der Waals surface area (Å²) in [5.41, 5.74) is 8.16. The Labute approximate surface area is 121 Å². The molecule has 2 aromatic heterocycles. The standard InChI is InChI=1S/C15H15N5O/c1-9-13(16)14(20(2)19-9)18-15(21)12-8-7-10-5-3-4-6-11(10)17-12/h3-8H,16H2,1-2H3,(H,18,21). The molecular formula is C15H15N5O. The summed E-state index contributed by atoms with van der Waals surface area (Å²) in [5.74, 6) is 0.169. The molecule has 0 spiro atoms. The lowest BCUT2D eigenvalue weighted by molar-refractivity contribution is 0.102. The molecule has 1 aromatic carbocycles. The highest BCUT2D eigenvalue weighted by Crippen LogP contribution is 2.21. The van der Waals surface area contributed by atoms with E-state index >= 15 is 0 Å². The molecule has 0 aliphatic carbocycles. The third-order valence-electron chi connectivity index (χ3n) is 3.33. The van der Waals surface area contributed by atoms with Gasteiger partial charge in [-0.05, 0) is 19.1 Å². The van der Waals surface area contributed by atoms with Crippen molar-refractivity contribution in [1.29, 1.82) is 0 Å². The van der Waals surface area contributed by atoms with Crippen LogP contribution in [-0.2, 0) is 7.05 Å². The molecule has 0 fully saturated rings. The van der Waals surface area contributed by atoms with Gasteiger partial charge in [-0.1, -0.05) is 24.3 Å². The third-order valence-corrected chi connectivity index (χ3v) is 3.33. The van der Waals surface area contributed by atoms with Crippen LogP contribution in [0.25, 0.3) is 10.9 Å². The lowest BCUT2D eigenvalue weighted by atomic mass is 10.2. The van der Waals surface area contributed by atoms with E-state index < -0.39 is 0 Å². The molecule has 0 aliphatic rings. The second-order valence-corrected chi connectivity index (χ2v) is 4.81. The molecular weight excluding hydrogens is 266 g/mol. The Hall–Kier alpha value is -2.89. The number of nitrogens with zero attached hydrogens (tertiary/aromatic N) is 3. The summed E-state index contributed by atoms with van der Waals surface area (Å²) in [4.78, 5) is 16.7. The Kier molecular flexibility index (Phi) is 3.06. The number of carbonyl (C=O) groups is 1. The second kappa shape index (κ2) is 4.90. The van der Waals surface area contributed by atoms with E-state index in [9.17, 15) is 4.79 Å². The first-order chi connectivity index (χ1) is 10.1. The van der Waals surface area contributed by atoms with Crippen molar-refractivity contribution in [2.24, 2.45) is 7.05 Å². The smallest absolute Gasteiger partial charge is 0.275 e. The SMILES string of the molecule is Cc1nn(C)c(NC(=O)c2ccc3ccccc3n2)c1N. The average molecular weight is 281 g/mol. The molecule has 6 nitrogen and oxygen atoms in total. The Bertz CT molecular complexity index is 837. The number of nitrogens with two attached hydrogens (primary N) is 1. The van der Waals surface area contributed by atoms with E-state index in [1.807, 2.05) is 30.3 Å². The van der Waals surface area contributed by atoms with Crippen molar-refractivity contribution in [1.82, 2.24) is 14.8 Å². The van der Waals surface area contributed by atoms with Gasteiger partial charge in [0.1, 0.15) is 5.69 Å². The van der Waals surface area contributed by atoms with Gasteiger partial charge in [0.25, 0.3) is 5.91 Å². The average Bonchev–Trinajstić information content (AvgIpc) is 2.73. The van der Waals surface area contributed by atoms with Crippen LogP contribution in [0, 0.1) is 6.92 Å². The maximum absolute atomic E-state index is 12.3. The number of fused-ring (bicyclic) bond motifs is 1. The highest BCUT2D eigenvalue weighted by molar-refractivity contribution is 6.05. The molecule has 0 aliphatic heterocycles. The van der Waals surface area contributed by atoms with E-state index in [-0.39, 0.29) is 5.91 Å². The van der Waals surface area contributed by atoms with Crippen molar-refractivity contribution >= 4 is 28.3 Å². The molecule has 2 heterocycles. The summed E-state index contributed by atoms with van der Waals surface area (Å²) >= 11 is 0. The normalized spacial score (nSPS) is 10.8. The Balaban J connectivity index is 1.93. The number of aryl methyl sites for hydroxylation is 2. The third kappa shape index (κ3) is 2.31. The van der Waals surface area contributed by atoms with Gasteiger partial charge >= 0.3 is 0 Å². The Morgan fingerprint density at radius 2 is 2.00 bits per heavy atom. The minimum absolute atomic E-state index is 0.310. The highest BCUT2D eigenvalue weighted by Gasteiger charge is 2.15. The first-order valence-corrected chi connectivity index (χ1v) is 6.52. The maximum Gasteiger partial charge on any atom is 0.275 e. The number of nitrogen functional groups attached to an aromatic ring is 1. The van der Waals surface area contributed by atoms with Crippen LogP contribution in [0.3, 0.4) is 0 Å². The van der Waals surface area contributed by atoms with Crippen LogP contribution in [-0.4, -0.2) is 20.7 Å². The van der Waals surface area contributed by atoms with E-state index in [0.717, 1.165) is 10.9 Å². The largest absolute Gasteiger partial charge is 0.394 e. The highest BCUT2D eigenvalue weighted by atomic mass is 16.2. The van der Waals surface area contributed by atoms with Crippen LogP contribution >= 0.6 is 0 Å². The first-order valence-electron chi connectivity index (χ1n) is 6.52. The molecule has 0 radical (unpaired) electrons. The molecule has 0 saturated heterocycles. The van der Waals surface area contributed by atoms with Gasteiger partial charge in [0.15, 0.2) is 5.82 Å². The number of carbonyl (C=O) groups excluding carboxylic acids is 1.